The molecule has 0 aliphatic heterocycles. The van der Waals surface area contributed by atoms with Gasteiger partial charge in [-0.25, -0.2) is 0 Å². The van der Waals surface area contributed by atoms with Gasteiger partial charge in [0.25, 0.3) is 0 Å². The van der Waals surface area contributed by atoms with Gasteiger partial charge in [0.15, 0.2) is 0 Å². The van der Waals surface area contributed by atoms with E-state index in [1.807, 2.05) is 0 Å². The maximum atomic E-state index is 7.86. The van der Waals surface area contributed by atoms with Crippen molar-refractivity contribution in [1.29, 1.82) is 21.6 Å². The third-order valence-electron chi connectivity index (χ3n) is 2.84. The number of hydrogen-bond donors (Lipinski definition) is 4. The van der Waals surface area contributed by atoms with Crippen molar-refractivity contribution in [3.05, 3.63) is 55.1 Å². The highest BCUT2D eigenvalue weighted by molar-refractivity contribution is 5.23. The second kappa shape index (κ2) is 3.20. The second-order valence-electron chi connectivity index (χ2n) is 3.98. The van der Waals surface area contributed by atoms with Crippen molar-refractivity contribution in [2.75, 3.05) is 0 Å². The van der Waals surface area contributed by atoms with Gasteiger partial charge in [-0.15, -0.1) is 0 Å². The molecule has 4 nitrogen and oxygen atoms in total. The lowest BCUT2D eigenvalue weighted by Gasteiger charge is -1.99. The van der Waals surface area contributed by atoms with Gasteiger partial charge in [0.05, 0.1) is 21.4 Å². The standard InChI is InChI=1S/C12H12N4/c1-5-3-7-8(11(15)9(5)13)4-6(2)10(14)12(7)16/h3-4,13-16H,1-2H3. The van der Waals surface area contributed by atoms with Crippen molar-refractivity contribution in [3.63, 3.8) is 0 Å². The molecule has 0 saturated carbocycles. The Labute approximate surface area is 91.2 Å². The molecule has 2 aliphatic carbocycles. The third-order valence-corrected chi connectivity index (χ3v) is 2.84. The molecule has 0 unspecified atom stereocenters. The Balaban J connectivity index is 3.41. The minimum Gasteiger partial charge on any atom is -0.298 e. The van der Waals surface area contributed by atoms with Crippen LogP contribution in [0.25, 0.3) is 0 Å². The number of hydrogen-bond acceptors (Lipinski definition) is 4. The highest BCUT2D eigenvalue weighted by atomic mass is 14.5. The summed E-state index contributed by atoms with van der Waals surface area (Å²) in [5, 5.41) is 33.0. The van der Waals surface area contributed by atoms with Gasteiger partial charge < -0.3 is 0 Å². The second-order valence-corrected chi connectivity index (χ2v) is 3.98. The molecule has 0 aromatic rings. The van der Waals surface area contributed by atoms with Gasteiger partial charge >= 0.3 is 0 Å². The first-order valence-electron chi connectivity index (χ1n) is 4.90. The van der Waals surface area contributed by atoms with Crippen LogP contribution in [-0.4, -0.2) is 0 Å². The predicted octanol–water partition coefficient (Wildman–Crippen LogP) is -0.178. The Morgan fingerprint density at radius 1 is 0.625 bits per heavy atom. The summed E-state index contributed by atoms with van der Waals surface area (Å²) in [6, 6.07) is 3.44. The molecule has 4 heteroatoms. The van der Waals surface area contributed by atoms with Crippen molar-refractivity contribution in [1.82, 2.24) is 0 Å². The van der Waals surface area contributed by atoms with E-state index in [2.05, 4.69) is 0 Å². The summed E-state index contributed by atoms with van der Waals surface area (Å²) in [6.07, 6.45) is 0. The fraction of sp³-hybridized carbons (Fsp3) is 0.167. The normalized spacial score (nSPS) is 10.9. The molecule has 0 saturated heterocycles. The molecule has 0 atom stereocenters. The monoisotopic (exact) mass is 212 g/mol. The highest BCUT2D eigenvalue weighted by Crippen LogP contribution is 1.92. The molecular weight excluding hydrogens is 200 g/mol. The van der Waals surface area contributed by atoms with E-state index in [1.165, 1.54) is 0 Å². The first kappa shape index (κ1) is 10.4. The van der Waals surface area contributed by atoms with Crippen LogP contribution in [0.4, 0.5) is 0 Å². The number of nitrogens with one attached hydrogen (secondary N) is 4. The lowest BCUT2D eigenvalue weighted by atomic mass is 10.1. The Morgan fingerprint density at radius 3 is 1.25 bits per heavy atom. The van der Waals surface area contributed by atoms with Crippen LogP contribution in [0.1, 0.15) is 11.1 Å². The molecule has 0 bridgehead atoms. The van der Waals surface area contributed by atoms with Gasteiger partial charge in [0.2, 0.25) is 0 Å². The molecule has 80 valence electrons. The van der Waals surface area contributed by atoms with E-state index in [1.54, 1.807) is 26.0 Å². The smallest absolute Gasteiger partial charge is 0.0871 e. The van der Waals surface area contributed by atoms with E-state index in [0.29, 0.717) is 21.6 Å². The summed E-state index contributed by atoms with van der Waals surface area (Å²) in [6.45, 7) is 3.51. The fourth-order valence-corrected chi connectivity index (χ4v) is 1.81. The molecule has 16 heavy (non-hydrogen) atoms. The Bertz CT molecular complexity index is 767. The molecule has 0 fully saturated rings. The molecule has 0 spiro atoms. The third kappa shape index (κ3) is 1.23. The largest absolute Gasteiger partial charge is 0.298 e. The number of aryl methyl sites for hydroxylation is 2. The van der Waals surface area contributed by atoms with Crippen molar-refractivity contribution in [2.24, 2.45) is 0 Å². The SMILES string of the molecule is Cc1cc2c(=N)c(=N)c(C)cc=2c(=N)c1=N. The quantitative estimate of drug-likeness (QED) is 0.466. The van der Waals surface area contributed by atoms with Crippen molar-refractivity contribution in [2.45, 2.75) is 13.8 Å². The average molecular weight is 212 g/mol. The van der Waals surface area contributed by atoms with Crippen molar-refractivity contribution in [3.8, 4) is 0 Å². The first-order chi connectivity index (χ1) is 7.43. The lowest BCUT2D eigenvalue weighted by molar-refractivity contribution is 1.02. The van der Waals surface area contributed by atoms with Gasteiger partial charge in [-0.3, -0.25) is 21.6 Å². The summed E-state index contributed by atoms with van der Waals surface area (Å²) in [5.74, 6) is 0. The van der Waals surface area contributed by atoms with E-state index in [4.69, 9.17) is 21.6 Å². The van der Waals surface area contributed by atoms with Crippen LogP contribution in [0.5, 0.6) is 0 Å². The Hall–Kier alpha value is -2.10. The van der Waals surface area contributed by atoms with Crippen LogP contribution in [-0.2, 0) is 0 Å². The topological polar surface area (TPSA) is 95.4 Å². The summed E-state index contributed by atoms with van der Waals surface area (Å²) >= 11 is 0. The van der Waals surface area contributed by atoms with Crippen LogP contribution >= 0.6 is 0 Å². The maximum absolute atomic E-state index is 7.86. The Morgan fingerprint density at radius 2 is 0.938 bits per heavy atom. The van der Waals surface area contributed by atoms with E-state index >= 15 is 0 Å². The zero-order valence-corrected chi connectivity index (χ0v) is 9.15. The molecule has 0 amide bonds. The van der Waals surface area contributed by atoms with Crippen LogP contribution in [0.15, 0.2) is 12.1 Å². The van der Waals surface area contributed by atoms with Crippen LogP contribution in [0, 0.1) is 45.9 Å². The molecular formula is C12H12N4. The number of rotatable bonds is 0. The summed E-state index contributed by atoms with van der Waals surface area (Å²) in [7, 11) is 0. The average Bonchev–Trinajstić information content (AvgIpc) is 2.25. The van der Waals surface area contributed by atoms with Crippen LogP contribution < -0.4 is 21.4 Å². The minimum absolute atomic E-state index is 0.145. The van der Waals surface area contributed by atoms with Crippen molar-refractivity contribution < 1.29 is 0 Å². The zero-order chi connectivity index (χ0) is 12.0. The van der Waals surface area contributed by atoms with E-state index in [9.17, 15) is 0 Å². The Kier molecular flexibility index (Phi) is 2.08. The van der Waals surface area contributed by atoms with E-state index in [-0.39, 0.29) is 21.4 Å². The van der Waals surface area contributed by atoms with Gasteiger partial charge in [0.1, 0.15) is 0 Å². The molecule has 2 rings (SSSR count). The fourth-order valence-electron chi connectivity index (χ4n) is 1.81. The van der Waals surface area contributed by atoms with Gasteiger partial charge in [0, 0.05) is 10.4 Å². The maximum Gasteiger partial charge on any atom is 0.0871 e. The van der Waals surface area contributed by atoms with Crippen molar-refractivity contribution >= 4 is 0 Å². The van der Waals surface area contributed by atoms with E-state index < -0.39 is 0 Å². The summed E-state index contributed by atoms with van der Waals surface area (Å²) in [5.41, 5.74) is 1.35. The molecule has 0 heterocycles. The van der Waals surface area contributed by atoms with Crippen LogP contribution in [0.3, 0.4) is 0 Å². The van der Waals surface area contributed by atoms with Gasteiger partial charge in [-0.05, 0) is 37.1 Å². The van der Waals surface area contributed by atoms with Gasteiger partial charge in [-0.2, -0.15) is 0 Å². The molecule has 0 radical (unpaired) electrons. The zero-order valence-electron chi connectivity index (χ0n) is 9.15. The van der Waals surface area contributed by atoms with E-state index in [0.717, 1.165) is 0 Å². The molecule has 0 aromatic heterocycles. The van der Waals surface area contributed by atoms with Crippen LogP contribution in [0.2, 0.25) is 0 Å². The molecule has 4 N–H and O–H groups in total. The lowest BCUT2D eigenvalue weighted by Crippen LogP contribution is -2.34. The van der Waals surface area contributed by atoms with Gasteiger partial charge in [-0.1, -0.05) is 0 Å². The highest BCUT2D eigenvalue weighted by Gasteiger charge is 2.02. The molecule has 0 aromatic carbocycles. The molecule has 2 aliphatic rings. The summed E-state index contributed by atoms with van der Waals surface area (Å²) in [4.78, 5) is 0. The first-order valence-corrected chi connectivity index (χ1v) is 4.90. The minimum atomic E-state index is 0.145. The summed E-state index contributed by atoms with van der Waals surface area (Å²) < 4.78 is 0. The predicted molar refractivity (Wildman–Crippen MR) is 57.0 cm³/mol.